The van der Waals surface area contributed by atoms with Gasteiger partial charge in [0.1, 0.15) is 0 Å². The van der Waals surface area contributed by atoms with Gasteiger partial charge in [0.05, 0.1) is 19.1 Å². The first-order valence-corrected chi connectivity index (χ1v) is 4.93. The Morgan fingerprint density at radius 2 is 2.30 bits per heavy atom. The van der Waals surface area contributed by atoms with Gasteiger partial charge in [-0.2, -0.15) is 5.26 Å². The molecule has 0 aromatic rings. The molecule has 0 aliphatic heterocycles. The lowest BCUT2D eigenvalue weighted by atomic mass is 10.5. The van der Waals surface area contributed by atoms with Crippen LogP contribution in [0.25, 0.3) is 0 Å². The standard InChI is InChI=1S/C5H10ClN2OP/c1-8(2)10(6)9-5-3-4-7/h3,5H2,1-2H3. The lowest BCUT2D eigenvalue weighted by Crippen LogP contribution is -2.03. The van der Waals surface area contributed by atoms with E-state index in [4.69, 9.17) is 21.0 Å². The Labute approximate surface area is 67.2 Å². The second-order valence-electron chi connectivity index (χ2n) is 1.81. The maximum absolute atomic E-state index is 8.14. The fraction of sp³-hybridized carbons (Fsp3) is 0.800. The highest BCUT2D eigenvalue weighted by molar-refractivity contribution is 7.78. The Balaban J connectivity index is 3.23. The van der Waals surface area contributed by atoms with Crippen molar-refractivity contribution >= 4 is 18.9 Å². The van der Waals surface area contributed by atoms with E-state index in [2.05, 4.69) is 0 Å². The highest BCUT2D eigenvalue weighted by Crippen LogP contribution is 2.43. The Hall–Kier alpha value is 0.130. The first-order valence-electron chi connectivity index (χ1n) is 2.81. The van der Waals surface area contributed by atoms with Crippen LogP contribution in [0.1, 0.15) is 6.42 Å². The topological polar surface area (TPSA) is 36.3 Å². The molecule has 0 rings (SSSR count). The number of nitriles is 1. The number of hydrogen-bond donors (Lipinski definition) is 0. The first-order chi connectivity index (χ1) is 4.68. The zero-order valence-electron chi connectivity index (χ0n) is 6.04. The summed E-state index contributed by atoms with van der Waals surface area (Å²) in [5, 5.41) is 8.14. The quantitative estimate of drug-likeness (QED) is 0.490. The van der Waals surface area contributed by atoms with Gasteiger partial charge >= 0.3 is 0 Å². The van der Waals surface area contributed by atoms with E-state index < -0.39 is 7.65 Å². The minimum atomic E-state index is -0.997. The fourth-order valence-corrected chi connectivity index (χ4v) is 0.962. The predicted molar refractivity (Wildman–Crippen MR) is 42.6 cm³/mol. The molecule has 0 bridgehead atoms. The van der Waals surface area contributed by atoms with E-state index in [1.54, 1.807) is 4.67 Å². The van der Waals surface area contributed by atoms with Crippen LogP contribution in [-0.2, 0) is 4.52 Å². The molecule has 0 aromatic heterocycles. The van der Waals surface area contributed by atoms with Crippen molar-refractivity contribution in [1.29, 1.82) is 5.26 Å². The molecule has 3 nitrogen and oxygen atoms in total. The highest BCUT2D eigenvalue weighted by Gasteiger charge is 2.06. The van der Waals surface area contributed by atoms with Gasteiger partial charge in [-0.05, 0) is 25.3 Å². The molecular formula is C5H10ClN2OP. The van der Waals surface area contributed by atoms with Crippen molar-refractivity contribution in [2.75, 3.05) is 20.7 Å². The van der Waals surface area contributed by atoms with Gasteiger partial charge in [0.25, 0.3) is 0 Å². The summed E-state index contributed by atoms with van der Waals surface area (Å²) in [7, 11) is 2.68. The van der Waals surface area contributed by atoms with Gasteiger partial charge in [-0.1, -0.05) is 0 Å². The van der Waals surface area contributed by atoms with Crippen molar-refractivity contribution in [1.82, 2.24) is 4.67 Å². The predicted octanol–water partition coefficient (Wildman–Crippen LogP) is 1.94. The minimum absolute atomic E-state index is 0.402. The maximum atomic E-state index is 8.14. The summed E-state index contributed by atoms with van der Waals surface area (Å²) in [6, 6.07) is 1.97. The average molecular weight is 181 g/mol. The molecule has 0 fully saturated rings. The molecular weight excluding hydrogens is 170 g/mol. The smallest absolute Gasteiger partial charge is 0.206 e. The van der Waals surface area contributed by atoms with Crippen molar-refractivity contribution < 1.29 is 4.52 Å². The van der Waals surface area contributed by atoms with E-state index >= 15 is 0 Å². The van der Waals surface area contributed by atoms with Crippen molar-refractivity contribution in [3.63, 3.8) is 0 Å². The number of nitrogens with zero attached hydrogens (tertiary/aromatic N) is 2. The van der Waals surface area contributed by atoms with Crippen LogP contribution in [0.4, 0.5) is 0 Å². The van der Waals surface area contributed by atoms with Crippen LogP contribution in [0.5, 0.6) is 0 Å². The largest absolute Gasteiger partial charge is 0.330 e. The van der Waals surface area contributed by atoms with Gasteiger partial charge in [-0.15, -0.1) is 0 Å². The second kappa shape index (κ2) is 5.88. The van der Waals surface area contributed by atoms with Gasteiger partial charge in [0, 0.05) is 0 Å². The zero-order chi connectivity index (χ0) is 7.98. The van der Waals surface area contributed by atoms with Gasteiger partial charge in [0.2, 0.25) is 7.65 Å². The van der Waals surface area contributed by atoms with Crippen LogP contribution >= 0.6 is 18.9 Å². The Morgan fingerprint density at radius 1 is 1.70 bits per heavy atom. The lowest BCUT2D eigenvalue weighted by Gasteiger charge is -2.15. The molecule has 0 heterocycles. The SMILES string of the molecule is CN(C)P(Cl)OCCC#N. The minimum Gasteiger partial charge on any atom is -0.330 e. The van der Waals surface area contributed by atoms with Crippen molar-refractivity contribution in [2.45, 2.75) is 6.42 Å². The van der Waals surface area contributed by atoms with Gasteiger partial charge in [-0.25, -0.2) is 0 Å². The molecule has 0 radical (unpaired) electrons. The van der Waals surface area contributed by atoms with Crippen LogP contribution in [0.15, 0.2) is 0 Å². The van der Waals surface area contributed by atoms with E-state index in [-0.39, 0.29) is 0 Å². The third-order valence-electron chi connectivity index (χ3n) is 0.726. The molecule has 0 aromatic carbocycles. The van der Waals surface area contributed by atoms with E-state index in [9.17, 15) is 0 Å². The lowest BCUT2D eigenvalue weighted by molar-refractivity contribution is 0.346. The third-order valence-corrected chi connectivity index (χ3v) is 2.95. The van der Waals surface area contributed by atoms with Gasteiger partial charge in [0.15, 0.2) is 0 Å². The van der Waals surface area contributed by atoms with Crippen molar-refractivity contribution in [3.05, 3.63) is 0 Å². The summed E-state index contributed by atoms with van der Waals surface area (Å²) in [6.07, 6.45) is 0.402. The molecule has 10 heavy (non-hydrogen) atoms. The second-order valence-corrected chi connectivity index (χ2v) is 4.19. The molecule has 5 heteroatoms. The highest BCUT2D eigenvalue weighted by atomic mass is 35.7. The Morgan fingerprint density at radius 3 is 2.70 bits per heavy atom. The molecule has 0 N–H and O–H groups in total. The van der Waals surface area contributed by atoms with Crippen LogP contribution in [-0.4, -0.2) is 25.4 Å². The maximum Gasteiger partial charge on any atom is 0.206 e. The fourth-order valence-electron chi connectivity index (χ4n) is 0.282. The first kappa shape index (κ1) is 10.1. The molecule has 0 aliphatic rings. The molecule has 0 saturated carbocycles. The summed E-state index contributed by atoms with van der Waals surface area (Å²) in [4.78, 5) is 0. The molecule has 0 amide bonds. The van der Waals surface area contributed by atoms with Crippen LogP contribution in [0.3, 0.4) is 0 Å². The van der Waals surface area contributed by atoms with Crippen LogP contribution in [0, 0.1) is 11.3 Å². The number of rotatable bonds is 4. The summed E-state index contributed by atoms with van der Waals surface area (Å²) in [5.74, 6) is 0. The normalized spacial score (nSPS) is 13.1. The van der Waals surface area contributed by atoms with Crippen molar-refractivity contribution in [2.24, 2.45) is 0 Å². The summed E-state index contributed by atoms with van der Waals surface area (Å²) < 4.78 is 6.86. The number of halogens is 1. The van der Waals surface area contributed by atoms with E-state index in [1.165, 1.54) is 0 Å². The van der Waals surface area contributed by atoms with Crippen molar-refractivity contribution in [3.8, 4) is 6.07 Å². The van der Waals surface area contributed by atoms with Crippen LogP contribution in [0.2, 0.25) is 0 Å². The molecule has 0 saturated heterocycles. The third kappa shape index (κ3) is 4.96. The Kier molecular flexibility index (Phi) is 5.96. The number of hydrogen-bond acceptors (Lipinski definition) is 3. The Bertz CT molecular complexity index is 125. The summed E-state index contributed by atoms with van der Waals surface area (Å²) >= 11 is 5.71. The van der Waals surface area contributed by atoms with Gasteiger partial charge < -0.3 is 4.52 Å². The monoisotopic (exact) mass is 180 g/mol. The molecule has 0 spiro atoms. The summed E-state index contributed by atoms with van der Waals surface area (Å²) in [6.45, 7) is 0.421. The van der Waals surface area contributed by atoms with E-state index in [0.717, 1.165) is 0 Å². The van der Waals surface area contributed by atoms with Gasteiger partial charge in [-0.3, -0.25) is 4.67 Å². The van der Waals surface area contributed by atoms with E-state index in [1.807, 2.05) is 20.2 Å². The van der Waals surface area contributed by atoms with E-state index in [0.29, 0.717) is 13.0 Å². The molecule has 0 aliphatic carbocycles. The molecule has 1 unspecified atom stereocenters. The average Bonchev–Trinajstić information content (AvgIpc) is 1.88. The molecule has 58 valence electrons. The zero-order valence-corrected chi connectivity index (χ0v) is 7.69. The van der Waals surface area contributed by atoms with Crippen LogP contribution < -0.4 is 0 Å². The molecule has 1 atom stereocenters. The summed E-state index contributed by atoms with van der Waals surface area (Å²) in [5.41, 5.74) is 0.